The topological polar surface area (TPSA) is 42.0 Å². The number of carbonyl (C=O) groups is 1. The van der Waals surface area contributed by atoms with Crippen LogP contribution in [0.4, 0.5) is 10.1 Å². The summed E-state index contributed by atoms with van der Waals surface area (Å²) in [6, 6.07) is 12.0. The van der Waals surface area contributed by atoms with Crippen LogP contribution in [0.2, 0.25) is 0 Å². The van der Waals surface area contributed by atoms with Crippen molar-refractivity contribution in [1.82, 2.24) is 4.98 Å². The van der Waals surface area contributed by atoms with E-state index in [0.29, 0.717) is 5.56 Å². The van der Waals surface area contributed by atoms with Gasteiger partial charge in [0.05, 0.1) is 16.4 Å². The summed E-state index contributed by atoms with van der Waals surface area (Å²) in [6.45, 7) is 3.79. The van der Waals surface area contributed by atoms with Crippen LogP contribution in [-0.4, -0.2) is 10.9 Å². The molecule has 0 radical (unpaired) electrons. The standard InChI is InChI=1S/C19H17FN2OS2/c1-12-3-8-18(17(20)9-12)22-19(23)14-4-6-16(7-5-14)25-11-15-10-24-13(2)21-15/h3-10H,11H2,1-2H3,(H,22,23). The van der Waals surface area contributed by atoms with Gasteiger partial charge in [0.25, 0.3) is 5.91 Å². The summed E-state index contributed by atoms with van der Waals surface area (Å²) in [5, 5.41) is 5.72. The predicted molar refractivity (Wildman–Crippen MR) is 102 cm³/mol. The van der Waals surface area contributed by atoms with Gasteiger partial charge in [-0.25, -0.2) is 9.37 Å². The summed E-state index contributed by atoms with van der Waals surface area (Å²) in [5.74, 6) is 0.0401. The van der Waals surface area contributed by atoms with E-state index in [9.17, 15) is 9.18 Å². The summed E-state index contributed by atoms with van der Waals surface area (Å²) >= 11 is 3.31. The van der Waals surface area contributed by atoms with E-state index in [1.807, 2.05) is 19.1 Å². The van der Waals surface area contributed by atoms with Crippen molar-refractivity contribution in [3.8, 4) is 0 Å². The second-order valence-corrected chi connectivity index (χ2v) is 7.72. The highest BCUT2D eigenvalue weighted by atomic mass is 32.2. The fourth-order valence-electron chi connectivity index (χ4n) is 2.25. The summed E-state index contributed by atoms with van der Waals surface area (Å²) in [5.41, 5.74) is 2.55. The highest BCUT2D eigenvalue weighted by Crippen LogP contribution is 2.24. The molecule has 0 atom stereocenters. The van der Waals surface area contributed by atoms with Gasteiger partial charge in [-0.05, 0) is 55.8 Å². The highest BCUT2D eigenvalue weighted by molar-refractivity contribution is 7.98. The van der Waals surface area contributed by atoms with Crippen molar-refractivity contribution in [3.05, 3.63) is 75.5 Å². The third-order valence-corrected chi connectivity index (χ3v) is 5.41. The maximum Gasteiger partial charge on any atom is 0.255 e. The normalized spacial score (nSPS) is 10.7. The first-order valence-electron chi connectivity index (χ1n) is 7.72. The van der Waals surface area contributed by atoms with Crippen molar-refractivity contribution < 1.29 is 9.18 Å². The Morgan fingerprint density at radius 1 is 1.20 bits per heavy atom. The summed E-state index contributed by atoms with van der Waals surface area (Å²) in [6.07, 6.45) is 0. The maximum atomic E-state index is 13.8. The van der Waals surface area contributed by atoms with Gasteiger partial charge >= 0.3 is 0 Å². The van der Waals surface area contributed by atoms with Crippen LogP contribution in [-0.2, 0) is 5.75 Å². The smallest absolute Gasteiger partial charge is 0.255 e. The first-order chi connectivity index (χ1) is 12.0. The second kappa shape index (κ2) is 7.80. The lowest BCUT2D eigenvalue weighted by atomic mass is 10.2. The minimum absolute atomic E-state index is 0.188. The van der Waals surface area contributed by atoms with Crippen molar-refractivity contribution in [1.29, 1.82) is 0 Å². The van der Waals surface area contributed by atoms with E-state index >= 15 is 0 Å². The van der Waals surface area contributed by atoms with Crippen molar-refractivity contribution in [2.45, 2.75) is 24.5 Å². The molecule has 1 aromatic heterocycles. The molecular formula is C19H17FN2OS2. The number of aryl methyl sites for hydroxylation is 2. The minimum atomic E-state index is -0.431. The van der Waals surface area contributed by atoms with Crippen LogP contribution >= 0.6 is 23.1 Å². The molecule has 0 saturated heterocycles. The number of nitrogens with one attached hydrogen (secondary N) is 1. The molecule has 0 unspecified atom stereocenters. The Morgan fingerprint density at radius 2 is 1.96 bits per heavy atom. The zero-order valence-electron chi connectivity index (χ0n) is 13.9. The minimum Gasteiger partial charge on any atom is -0.319 e. The van der Waals surface area contributed by atoms with Gasteiger partial charge in [0.1, 0.15) is 5.82 Å². The molecule has 128 valence electrons. The Bertz CT molecular complexity index is 891. The monoisotopic (exact) mass is 372 g/mol. The van der Waals surface area contributed by atoms with Crippen molar-refractivity contribution in [2.75, 3.05) is 5.32 Å². The molecule has 3 aromatic rings. The Balaban J connectivity index is 1.62. The number of carbonyl (C=O) groups excluding carboxylic acids is 1. The van der Waals surface area contributed by atoms with Crippen molar-refractivity contribution >= 4 is 34.7 Å². The lowest BCUT2D eigenvalue weighted by Crippen LogP contribution is -2.12. The largest absolute Gasteiger partial charge is 0.319 e. The lowest BCUT2D eigenvalue weighted by Gasteiger charge is -2.08. The van der Waals surface area contributed by atoms with Crippen LogP contribution in [0.3, 0.4) is 0 Å². The number of thiazole rings is 1. The number of nitrogens with zero attached hydrogens (tertiary/aromatic N) is 1. The fraction of sp³-hybridized carbons (Fsp3) is 0.158. The molecule has 25 heavy (non-hydrogen) atoms. The molecule has 0 bridgehead atoms. The number of amides is 1. The summed E-state index contributed by atoms with van der Waals surface area (Å²) in [7, 11) is 0. The van der Waals surface area contributed by atoms with Crippen LogP contribution < -0.4 is 5.32 Å². The molecule has 0 aliphatic heterocycles. The zero-order valence-corrected chi connectivity index (χ0v) is 15.5. The number of anilines is 1. The van der Waals surface area contributed by atoms with Crippen LogP contribution in [0.25, 0.3) is 0 Å². The van der Waals surface area contributed by atoms with Crippen LogP contribution in [0.5, 0.6) is 0 Å². The Labute approximate surface area is 154 Å². The Morgan fingerprint density at radius 3 is 2.60 bits per heavy atom. The van der Waals surface area contributed by atoms with E-state index in [1.165, 1.54) is 6.07 Å². The van der Waals surface area contributed by atoms with Gasteiger partial charge in [-0.15, -0.1) is 23.1 Å². The molecule has 0 saturated carbocycles. The van der Waals surface area contributed by atoms with Crippen LogP contribution in [0.15, 0.2) is 52.7 Å². The van der Waals surface area contributed by atoms with E-state index in [-0.39, 0.29) is 11.6 Å². The molecule has 6 heteroatoms. The van der Waals surface area contributed by atoms with E-state index in [0.717, 1.165) is 26.9 Å². The van der Waals surface area contributed by atoms with Crippen molar-refractivity contribution in [2.24, 2.45) is 0 Å². The molecule has 0 spiro atoms. The number of thioether (sulfide) groups is 1. The van der Waals surface area contributed by atoms with Gasteiger partial charge in [0.15, 0.2) is 0 Å². The number of hydrogen-bond acceptors (Lipinski definition) is 4. The number of rotatable bonds is 5. The van der Waals surface area contributed by atoms with E-state index in [4.69, 9.17) is 0 Å². The average Bonchev–Trinajstić information content (AvgIpc) is 3.01. The third-order valence-electron chi connectivity index (χ3n) is 3.54. The molecule has 3 rings (SSSR count). The number of halogens is 1. The van der Waals surface area contributed by atoms with Gasteiger partial charge in [0, 0.05) is 21.6 Å². The fourth-order valence-corrected chi connectivity index (χ4v) is 3.76. The Kier molecular flexibility index (Phi) is 5.50. The molecule has 1 N–H and O–H groups in total. The first-order valence-corrected chi connectivity index (χ1v) is 9.59. The molecule has 1 amide bonds. The molecule has 0 aliphatic carbocycles. The van der Waals surface area contributed by atoms with Gasteiger partial charge in [-0.1, -0.05) is 6.07 Å². The molecule has 0 fully saturated rings. The Hall–Kier alpha value is -2.18. The van der Waals surface area contributed by atoms with Gasteiger partial charge in [-0.2, -0.15) is 0 Å². The average molecular weight is 372 g/mol. The zero-order chi connectivity index (χ0) is 17.8. The van der Waals surface area contributed by atoms with Gasteiger partial charge in [0.2, 0.25) is 0 Å². The highest BCUT2D eigenvalue weighted by Gasteiger charge is 2.10. The SMILES string of the molecule is Cc1ccc(NC(=O)c2ccc(SCc3csc(C)n3)cc2)c(F)c1. The maximum absolute atomic E-state index is 13.8. The summed E-state index contributed by atoms with van der Waals surface area (Å²) in [4.78, 5) is 17.7. The summed E-state index contributed by atoms with van der Waals surface area (Å²) < 4.78 is 13.8. The molecule has 3 nitrogen and oxygen atoms in total. The van der Waals surface area contributed by atoms with Crippen molar-refractivity contribution in [3.63, 3.8) is 0 Å². The van der Waals surface area contributed by atoms with Crippen LogP contribution in [0.1, 0.15) is 26.6 Å². The van der Waals surface area contributed by atoms with Crippen LogP contribution in [0, 0.1) is 19.7 Å². The van der Waals surface area contributed by atoms with Gasteiger partial charge in [-0.3, -0.25) is 4.79 Å². The van der Waals surface area contributed by atoms with E-state index in [1.54, 1.807) is 54.3 Å². The third kappa shape index (κ3) is 4.67. The molecule has 0 aliphatic rings. The number of aromatic nitrogens is 1. The molecule has 2 aromatic carbocycles. The second-order valence-electron chi connectivity index (χ2n) is 5.61. The van der Waals surface area contributed by atoms with E-state index < -0.39 is 5.82 Å². The quantitative estimate of drug-likeness (QED) is 0.606. The number of benzene rings is 2. The lowest BCUT2D eigenvalue weighted by molar-refractivity contribution is 0.102. The number of hydrogen-bond donors (Lipinski definition) is 1. The van der Waals surface area contributed by atoms with E-state index in [2.05, 4.69) is 15.7 Å². The molecule has 1 heterocycles. The van der Waals surface area contributed by atoms with Gasteiger partial charge < -0.3 is 5.32 Å². The predicted octanol–water partition coefficient (Wildman–Crippen LogP) is 5.44. The molecular weight excluding hydrogens is 355 g/mol. The first kappa shape index (κ1) is 17.6.